The fourth-order valence-electron chi connectivity index (χ4n) is 3.13. The topological polar surface area (TPSA) is 62.8 Å². The molecule has 0 saturated heterocycles. The number of carbonyl (C=O) groups excluding carboxylic acids is 1. The molecule has 2 N–H and O–H groups in total. The van der Waals surface area contributed by atoms with E-state index in [-0.39, 0.29) is 10.9 Å². The Hall–Kier alpha value is -2.35. The Bertz CT molecular complexity index is 909. The second kappa shape index (κ2) is 9.64. The highest BCUT2D eigenvalue weighted by Gasteiger charge is 2.31. The van der Waals surface area contributed by atoms with Gasteiger partial charge in [-0.15, -0.1) is 0 Å². The molecule has 162 valence electrons. The first-order valence-corrected chi connectivity index (χ1v) is 10.2. The Morgan fingerprint density at radius 1 is 1.33 bits per heavy atom. The van der Waals surface area contributed by atoms with Crippen molar-refractivity contribution in [1.82, 2.24) is 4.90 Å². The first kappa shape index (κ1) is 22.3. The summed E-state index contributed by atoms with van der Waals surface area (Å²) in [6.07, 6.45) is 0.957. The number of fused-ring (bicyclic) bond motifs is 1. The minimum absolute atomic E-state index is 0.0466. The van der Waals surface area contributed by atoms with Gasteiger partial charge in [-0.05, 0) is 70.4 Å². The highest BCUT2D eigenvalue weighted by atomic mass is 35.5. The fourth-order valence-corrected chi connectivity index (χ4v) is 3.31. The van der Waals surface area contributed by atoms with Crippen LogP contribution in [0, 0.1) is 5.82 Å². The number of hydrogen-bond acceptors (Lipinski definition) is 5. The Morgan fingerprint density at radius 2 is 2.13 bits per heavy atom. The van der Waals surface area contributed by atoms with Crippen LogP contribution < -0.4 is 15.4 Å². The second-order valence-electron chi connectivity index (χ2n) is 7.98. The molecule has 8 heteroatoms. The van der Waals surface area contributed by atoms with Crippen LogP contribution in [0.1, 0.15) is 23.7 Å². The third-order valence-corrected chi connectivity index (χ3v) is 5.01. The molecular formula is C22H27ClFN3O3. The average molecular weight is 436 g/mol. The Morgan fingerprint density at radius 3 is 2.87 bits per heavy atom. The van der Waals surface area contributed by atoms with E-state index >= 15 is 0 Å². The first-order valence-electron chi connectivity index (χ1n) is 9.80. The van der Waals surface area contributed by atoms with Gasteiger partial charge in [0.2, 0.25) is 0 Å². The van der Waals surface area contributed by atoms with E-state index in [0.29, 0.717) is 36.8 Å². The summed E-state index contributed by atoms with van der Waals surface area (Å²) in [5.74, 6) is -0.177. The van der Waals surface area contributed by atoms with Crippen LogP contribution in [0.5, 0.6) is 5.75 Å². The predicted molar refractivity (Wildman–Crippen MR) is 117 cm³/mol. The van der Waals surface area contributed by atoms with Gasteiger partial charge in [0.25, 0.3) is 5.91 Å². The summed E-state index contributed by atoms with van der Waals surface area (Å²) in [5, 5.41) is 6.11. The molecule has 0 aromatic heterocycles. The van der Waals surface area contributed by atoms with E-state index < -0.39 is 11.4 Å². The molecule has 30 heavy (non-hydrogen) atoms. The van der Waals surface area contributed by atoms with Crippen LogP contribution in [0.25, 0.3) is 0 Å². The number of nitrogens with one attached hydrogen (secondary N) is 2. The van der Waals surface area contributed by atoms with Crippen molar-refractivity contribution >= 4 is 28.9 Å². The fraction of sp³-hybridized carbons (Fsp3) is 0.409. The first-order chi connectivity index (χ1) is 14.3. The van der Waals surface area contributed by atoms with E-state index in [2.05, 4.69) is 15.5 Å². The van der Waals surface area contributed by atoms with Crippen molar-refractivity contribution < 1.29 is 18.7 Å². The lowest BCUT2D eigenvalue weighted by molar-refractivity contribution is 0.0687. The zero-order valence-electron chi connectivity index (χ0n) is 17.4. The molecule has 0 bridgehead atoms. The second-order valence-corrected chi connectivity index (χ2v) is 8.38. The van der Waals surface area contributed by atoms with Gasteiger partial charge in [0.1, 0.15) is 18.2 Å². The van der Waals surface area contributed by atoms with Gasteiger partial charge in [-0.2, -0.15) is 0 Å². The third-order valence-electron chi connectivity index (χ3n) is 4.72. The standard InChI is InChI=1S/C22H27ClFN3O3/c1-22(13-29-10-4-9-27(2)3)14-30-20-8-5-15(11-19(20)26-22)21(28)25-16-6-7-18(24)17(23)12-16/h5-8,11-12,26H,4,9-10,13-14H2,1-3H3,(H,25,28). The number of rotatable bonds is 8. The summed E-state index contributed by atoms with van der Waals surface area (Å²) < 4.78 is 25.0. The summed E-state index contributed by atoms with van der Waals surface area (Å²) in [7, 11) is 4.07. The van der Waals surface area contributed by atoms with E-state index in [1.54, 1.807) is 18.2 Å². The predicted octanol–water partition coefficient (Wildman–Crippen LogP) is 4.26. The van der Waals surface area contributed by atoms with Gasteiger partial charge in [-0.3, -0.25) is 4.79 Å². The van der Waals surface area contributed by atoms with Gasteiger partial charge in [0.15, 0.2) is 0 Å². The van der Waals surface area contributed by atoms with Crippen molar-refractivity contribution in [1.29, 1.82) is 0 Å². The van der Waals surface area contributed by atoms with E-state index in [1.807, 2.05) is 21.0 Å². The number of ether oxygens (including phenoxy) is 2. The van der Waals surface area contributed by atoms with Gasteiger partial charge in [0.05, 0.1) is 22.9 Å². The van der Waals surface area contributed by atoms with Gasteiger partial charge >= 0.3 is 0 Å². The molecule has 3 rings (SSSR count). The van der Waals surface area contributed by atoms with Gasteiger partial charge < -0.3 is 25.0 Å². The number of benzene rings is 2. The molecule has 1 heterocycles. The maximum absolute atomic E-state index is 13.3. The normalized spacial score (nSPS) is 17.8. The number of carbonyl (C=O) groups is 1. The van der Waals surface area contributed by atoms with E-state index in [0.717, 1.165) is 18.7 Å². The molecule has 0 saturated carbocycles. The number of hydrogen-bond donors (Lipinski definition) is 2. The number of anilines is 2. The molecule has 1 aliphatic rings. The molecule has 1 amide bonds. The lowest BCUT2D eigenvalue weighted by atomic mass is 10.0. The van der Waals surface area contributed by atoms with Crippen molar-refractivity contribution in [2.75, 3.05) is 51.1 Å². The summed E-state index contributed by atoms with van der Waals surface area (Å²) in [5.41, 5.74) is 1.20. The molecule has 1 atom stereocenters. The summed E-state index contributed by atoms with van der Waals surface area (Å²) >= 11 is 5.78. The van der Waals surface area contributed by atoms with Crippen molar-refractivity contribution in [3.8, 4) is 5.75 Å². The number of amides is 1. The zero-order chi connectivity index (χ0) is 21.7. The van der Waals surface area contributed by atoms with Crippen LogP contribution >= 0.6 is 11.6 Å². The molecule has 0 radical (unpaired) electrons. The van der Waals surface area contributed by atoms with Crippen molar-refractivity contribution in [2.45, 2.75) is 18.9 Å². The van der Waals surface area contributed by atoms with Crippen molar-refractivity contribution in [3.05, 3.63) is 52.8 Å². The number of nitrogens with zero attached hydrogens (tertiary/aromatic N) is 1. The molecule has 0 fully saturated rings. The van der Waals surface area contributed by atoms with Crippen LogP contribution in [0.2, 0.25) is 5.02 Å². The average Bonchev–Trinajstić information content (AvgIpc) is 2.69. The molecule has 2 aromatic carbocycles. The Labute approximate surface area is 181 Å². The van der Waals surface area contributed by atoms with Crippen molar-refractivity contribution in [3.63, 3.8) is 0 Å². The highest BCUT2D eigenvalue weighted by Crippen LogP contribution is 2.34. The summed E-state index contributed by atoms with van der Waals surface area (Å²) in [4.78, 5) is 14.7. The molecule has 2 aromatic rings. The largest absolute Gasteiger partial charge is 0.489 e. The Balaban J connectivity index is 1.62. The SMILES string of the molecule is CN(C)CCCOCC1(C)COc2ccc(C(=O)Nc3ccc(F)c(Cl)c3)cc2N1. The third kappa shape index (κ3) is 5.84. The maximum atomic E-state index is 13.3. The lowest BCUT2D eigenvalue weighted by Gasteiger charge is -2.36. The molecule has 0 spiro atoms. The maximum Gasteiger partial charge on any atom is 0.255 e. The molecule has 0 aliphatic carbocycles. The zero-order valence-corrected chi connectivity index (χ0v) is 18.2. The van der Waals surface area contributed by atoms with Crippen LogP contribution in [0.3, 0.4) is 0 Å². The van der Waals surface area contributed by atoms with E-state index in [9.17, 15) is 9.18 Å². The molecular weight excluding hydrogens is 409 g/mol. The van der Waals surface area contributed by atoms with Crippen LogP contribution in [-0.2, 0) is 4.74 Å². The molecule has 6 nitrogen and oxygen atoms in total. The number of halogens is 2. The van der Waals surface area contributed by atoms with E-state index in [4.69, 9.17) is 21.1 Å². The summed E-state index contributed by atoms with van der Waals surface area (Å²) in [6, 6.07) is 9.22. The monoisotopic (exact) mass is 435 g/mol. The van der Waals surface area contributed by atoms with Gasteiger partial charge in [0, 0.05) is 17.9 Å². The van der Waals surface area contributed by atoms with Crippen LogP contribution in [0.4, 0.5) is 15.8 Å². The van der Waals surface area contributed by atoms with Crippen molar-refractivity contribution in [2.24, 2.45) is 0 Å². The van der Waals surface area contributed by atoms with Gasteiger partial charge in [-0.25, -0.2) is 4.39 Å². The lowest BCUT2D eigenvalue weighted by Crippen LogP contribution is -2.48. The minimum atomic E-state index is -0.534. The highest BCUT2D eigenvalue weighted by molar-refractivity contribution is 6.31. The van der Waals surface area contributed by atoms with E-state index in [1.165, 1.54) is 18.2 Å². The Kier molecular flexibility index (Phi) is 7.18. The smallest absolute Gasteiger partial charge is 0.255 e. The quantitative estimate of drug-likeness (QED) is 0.606. The minimum Gasteiger partial charge on any atom is -0.489 e. The molecule has 1 unspecified atom stereocenters. The summed E-state index contributed by atoms with van der Waals surface area (Å²) in [6.45, 7) is 4.62. The van der Waals surface area contributed by atoms with Crippen LogP contribution in [-0.4, -0.2) is 56.8 Å². The van der Waals surface area contributed by atoms with Gasteiger partial charge in [-0.1, -0.05) is 11.6 Å². The van der Waals surface area contributed by atoms with Crippen LogP contribution in [0.15, 0.2) is 36.4 Å². The molecule has 1 aliphatic heterocycles.